The Morgan fingerprint density at radius 3 is 2.41 bits per heavy atom. The molecule has 1 saturated heterocycles. The van der Waals surface area contributed by atoms with E-state index >= 15 is 0 Å². The van der Waals surface area contributed by atoms with Crippen molar-refractivity contribution in [3.63, 3.8) is 0 Å². The summed E-state index contributed by atoms with van der Waals surface area (Å²) in [6.45, 7) is 9.11. The van der Waals surface area contributed by atoms with Crippen LogP contribution in [0.25, 0.3) is 0 Å². The summed E-state index contributed by atoms with van der Waals surface area (Å²) in [6.07, 6.45) is 6.22. The summed E-state index contributed by atoms with van der Waals surface area (Å²) in [5.74, 6) is 1.75. The first kappa shape index (κ1) is 15.9. The van der Waals surface area contributed by atoms with Crippen LogP contribution in [0.1, 0.15) is 63.9 Å². The van der Waals surface area contributed by atoms with Gasteiger partial charge in [0, 0.05) is 26.2 Å². The molecule has 1 aromatic rings. The number of tetrazole rings is 1. The topological polar surface area (TPSA) is 50.1 Å². The monoisotopic (exact) mass is 306 g/mol. The molecule has 1 saturated carbocycles. The molecule has 22 heavy (non-hydrogen) atoms. The fraction of sp³-hybridized carbons (Fsp3) is 0.938. The molecule has 1 aromatic heterocycles. The predicted molar refractivity (Wildman–Crippen MR) is 86.6 cm³/mol. The Balaban J connectivity index is 1.81. The molecule has 1 atom stereocenters. The van der Waals surface area contributed by atoms with Crippen molar-refractivity contribution >= 4 is 0 Å². The maximum absolute atomic E-state index is 4.45. The van der Waals surface area contributed by atoms with Crippen LogP contribution < -0.4 is 0 Å². The second-order valence-electron chi connectivity index (χ2n) is 7.40. The fourth-order valence-electron chi connectivity index (χ4n) is 3.83. The van der Waals surface area contributed by atoms with Gasteiger partial charge in [-0.05, 0) is 42.7 Å². The number of aromatic nitrogens is 4. The average molecular weight is 306 g/mol. The van der Waals surface area contributed by atoms with Gasteiger partial charge >= 0.3 is 0 Å². The Labute approximate surface area is 133 Å². The SMILES string of the molecule is CC(C)C[C@@H](c1nnnn1C1CCCC1)N1CCN(C)CC1. The van der Waals surface area contributed by atoms with Crippen LogP contribution >= 0.6 is 0 Å². The van der Waals surface area contributed by atoms with Gasteiger partial charge in [-0.1, -0.05) is 26.7 Å². The highest BCUT2D eigenvalue weighted by Gasteiger charge is 2.31. The van der Waals surface area contributed by atoms with E-state index < -0.39 is 0 Å². The van der Waals surface area contributed by atoms with Crippen LogP contribution in [0.15, 0.2) is 0 Å². The third kappa shape index (κ3) is 3.49. The van der Waals surface area contributed by atoms with E-state index in [2.05, 4.69) is 50.9 Å². The zero-order valence-corrected chi connectivity index (χ0v) is 14.3. The standard InChI is InChI=1S/C16H30N6/c1-13(2)12-15(21-10-8-20(3)9-11-21)16-17-18-19-22(16)14-6-4-5-7-14/h13-15H,4-12H2,1-3H3/t15-/m0/s1. The van der Waals surface area contributed by atoms with E-state index in [4.69, 9.17) is 0 Å². The molecule has 1 aliphatic heterocycles. The maximum Gasteiger partial charge on any atom is 0.168 e. The van der Waals surface area contributed by atoms with Crippen molar-refractivity contribution in [1.82, 2.24) is 30.0 Å². The minimum absolute atomic E-state index is 0.365. The summed E-state index contributed by atoms with van der Waals surface area (Å²) in [5.41, 5.74) is 0. The Hall–Kier alpha value is -1.01. The van der Waals surface area contributed by atoms with Crippen LogP contribution in [0.3, 0.4) is 0 Å². The molecule has 2 aliphatic rings. The number of nitrogens with zero attached hydrogens (tertiary/aromatic N) is 6. The first-order valence-corrected chi connectivity index (χ1v) is 8.85. The maximum atomic E-state index is 4.45. The molecule has 1 aliphatic carbocycles. The van der Waals surface area contributed by atoms with Crippen LogP contribution in [0, 0.1) is 5.92 Å². The van der Waals surface area contributed by atoms with Crippen LogP contribution in [-0.2, 0) is 0 Å². The average Bonchev–Trinajstić information content (AvgIpc) is 3.16. The zero-order valence-electron chi connectivity index (χ0n) is 14.3. The van der Waals surface area contributed by atoms with Crippen molar-refractivity contribution in [2.24, 2.45) is 5.92 Å². The van der Waals surface area contributed by atoms with E-state index in [1.54, 1.807) is 0 Å². The lowest BCUT2D eigenvalue weighted by Gasteiger charge is -2.38. The van der Waals surface area contributed by atoms with Crippen molar-refractivity contribution in [3.05, 3.63) is 5.82 Å². The quantitative estimate of drug-likeness (QED) is 0.834. The van der Waals surface area contributed by atoms with Gasteiger partial charge in [0.2, 0.25) is 0 Å². The van der Waals surface area contributed by atoms with Gasteiger partial charge in [0.15, 0.2) is 5.82 Å². The molecule has 0 aromatic carbocycles. The molecule has 0 radical (unpaired) electrons. The normalized spacial score (nSPS) is 23.5. The molecule has 2 fully saturated rings. The van der Waals surface area contributed by atoms with Crippen molar-refractivity contribution in [3.8, 4) is 0 Å². The molecule has 6 heteroatoms. The second kappa shape index (κ2) is 7.04. The Morgan fingerprint density at radius 2 is 1.77 bits per heavy atom. The molecule has 0 amide bonds. The number of hydrogen-bond acceptors (Lipinski definition) is 5. The third-order valence-electron chi connectivity index (χ3n) is 5.16. The van der Waals surface area contributed by atoms with E-state index in [0.717, 1.165) is 38.4 Å². The molecular formula is C16H30N6. The summed E-state index contributed by atoms with van der Waals surface area (Å²) in [7, 11) is 2.21. The van der Waals surface area contributed by atoms with Gasteiger partial charge in [-0.25, -0.2) is 4.68 Å². The lowest BCUT2D eigenvalue weighted by Crippen LogP contribution is -2.46. The lowest BCUT2D eigenvalue weighted by molar-refractivity contribution is 0.0921. The Bertz CT molecular complexity index is 457. The van der Waals surface area contributed by atoms with E-state index in [1.165, 1.54) is 25.7 Å². The summed E-state index contributed by atoms with van der Waals surface area (Å²) in [5, 5.41) is 12.8. The van der Waals surface area contributed by atoms with Crippen molar-refractivity contribution in [2.75, 3.05) is 33.2 Å². The Kier molecular flexibility index (Phi) is 5.08. The molecule has 6 nitrogen and oxygen atoms in total. The van der Waals surface area contributed by atoms with Crippen LogP contribution in [-0.4, -0.2) is 63.2 Å². The summed E-state index contributed by atoms with van der Waals surface area (Å²) >= 11 is 0. The fourth-order valence-corrected chi connectivity index (χ4v) is 3.83. The summed E-state index contributed by atoms with van der Waals surface area (Å²) in [6, 6.07) is 0.886. The van der Waals surface area contributed by atoms with Gasteiger partial charge in [-0.15, -0.1) is 5.10 Å². The molecule has 0 bridgehead atoms. The zero-order chi connectivity index (χ0) is 15.5. The van der Waals surface area contributed by atoms with E-state index in [9.17, 15) is 0 Å². The first-order valence-electron chi connectivity index (χ1n) is 8.85. The molecule has 2 heterocycles. The van der Waals surface area contributed by atoms with E-state index in [-0.39, 0.29) is 0 Å². The third-order valence-corrected chi connectivity index (χ3v) is 5.16. The molecule has 0 spiro atoms. The van der Waals surface area contributed by atoms with Gasteiger partial charge in [0.05, 0.1) is 12.1 Å². The van der Waals surface area contributed by atoms with Gasteiger partial charge in [0.1, 0.15) is 0 Å². The van der Waals surface area contributed by atoms with Crippen LogP contribution in [0.2, 0.25) is 0 Å². The smallest absolute Gasteiger partial charge is 0.168 e. The summed E-state index contributed by atoms with van der Waals surface area (Å²) in [4.78, 5) is 5.00. The highest BCUT2D eigenvalue weighted by atomic mass is 15.6. The second-order valence-corrected chi connectivity index (χ2v) is 7.40. The summed E-state index contributed by atoms with van der Waals surface area (Å²) < 4.78 is 2.15. The molecular weight excluding hydrogens is 276 g/mol. The lowest BCUT2D eigenvalue weighted by atomic mass is 10.0. The minimum Gasteiger partial charge on any atom is -0.304 e. The minimum atomic E-state index is 0.365. The number of likely N-dealkylation sites (N-methyl/N-ethyl adjacent to an activating group) is 1. The van der Waals surface area contributed by atoms with E-state index in [1.807, 2.05) is 0 Å². The largest absolute Gasteiger partial charge is 0.304 e. The first-order chi connectivity index (χ1) is 10.6. The number of piperazine rings is 1. The molecule has 3 rings (SSSR count). The highest BCUT2D eigenvalue weighted by molar-refractivity contribution is 4.97. The number of rotatable bonds is 5. The van der Waals surface area contributed by atoms with Gasteiger partial charge in [-0.2, -0.15) is 0 Å². The predicted octanol–water partition coefficient (Wildman–Crippen LogP) is 2.12. The van der Waals surface area contributed by atoms with Crippen molar-refractivity contribution in [1.29, 1.82) is 0 Å². The Morgan fingerprint density at radius 1 is 1.09 bits per heavy atom. The molecule has 124 valence electrons. The molecule has 0 N–H and O–H groups in total. The highest BCUT2D eigenvalue weighted by Crippen LogP contribution is 2.33. The van der Waals surface area contributed by atoms with Crippen molar-refractivity contribution in [2.45, 2.75) is 58.0 Å². The van der Waals surface area contributed by atoms with Gasteiger partial charge in [0.25, 0.3) is 0 Å². The van der Waals surface area contributed by atoms with Crippen molar-refractivity contribution < 1.29 is 0 Å². The van der Waals surface area contributed by atoms with Gasteiger partial charge in [-0.3, -0.25) is 4.90 Å². The van der Waals surface area contributed by atoms with E-state index in [0.29, 0.717) is 18.0 Å². The van der Waals surface area contributed by atoms with Gasteiger partial charge < -0.3 is 4.90 Å². The van der Waals surface area contributed by atoms with Crippen LogP contribution in [0.5, 0.6) is 0 Å². The number of hydrogen-bond donors (Lipinski definition) is 0. The molecule has 0 unspecified atom stereocenters. The van der Waals surface area contributed by atoms with Crippen LogP contribution in [0.4, 0.5) is 0 Å².